The number of rotatable bonds is 5. The van der Waals surface area contributed by atoms with Gasteiger partial charge in [0.05, 0.1) is 17.9 Å². The van der Waals surface area contributed by atoms with E-state index in [1.807, 2.05) is 14.0 Å². The molecule has 3 aromatic rings. The first-order chi connectivity index (χ1) is 13.0. The van der Waals surface area contributed by atoms with Crippen molar-refractivity contribution in [1.82, 2.24) is 24.6 Å². The molecule has 1 aliphatic rings. The third kappa shape index (κ3) is 3.41. The second kappa shape index (κ2) is 7.26. The van der Waals surface area contributed by atoms with E-state index in [2.05, 4.69) is 15.4 Å². The average molecular weight is 385 g/mol. The number of hydrogen-bond donors (Lipinski definition) is 1. The quantitative estimate of drug-likeness (QED) is 0.729. The molecule has 0 fully saturated rings. The summed E-state index contributed by atoms with van der Waals surface area (Å²) in [7, 11) is 1.87. The molecule has 0 aromatic carbocycles. The first kappa shape index (κ1) is 17.9. The summed E-state index contributed by atoms with van der Waals surface area (Å²) >= 11 is 1.64. The van der Waals surface area contributed by atoms with Gasteiger partial charge in [0.1, 0.15) is 4.83 Å². The summed E-state index contributed by atoms with van der Waals surface area (Å²) in [4.78, 5) is 31.7. The van der Waals surface area contributed by atoms with Gasteiger partial charge in [0.15, 0.2) is 0 Å². The number of amides is 1. The Hall–Kier alpha value is -2.48. The zero-order valence-corrected chi connectivity index (χ0v) is 16.4. The summed E-state index contributed by atoms with van der Waals surface area (Å²) in [5.41, 5.74) is 3.19. The molecule has 1 amide bonds. The van der Waals surface area contributed by atoms with E-state index in [-0.39, 0.29) is 17.9 Å². The van der Waals surface area contributed by atoms with Crippen LogP contribution in [-0.2, 0) is 37.8 Å². The molecule has 8 heteroatoms. The highest BCUT2D eigenvalue weighted by Gasteiger charge is 2.20. The Morgan fingerprint density at radius 3 is 2.93 bits per heavy atom. The first-order valence-electron chi connectivity index (χ1n) is 9.28. The van der Waals surface area contributed by atoms with Crippen molar-refractivity contribution in [3.8, 4) is 0 Å². The van der Waals surface area contributed by atoms with Gasteiger partial charge in [0.25, 0.3) is 5.56 Å². The van der Waals surface area contributed by atoms with E-state index in [0.717, 1.165) is 40.7 Å². The molecule has 4 rings (SSSR count). The van der Waals surface area contributed by atoms with Gasteiger partial charge in [0.2, 0.25) is 5.91 Å². The van der Waals surface area contributed by atoms with Crippen LogP contribution in [0.3, 0.4) is 0 Å². The molecule has 0 aliphatic heterocycles. The van der Waals surface area contributed by atoms with E-state index < -0.39 is 0 Å². The van der Waals surface area contributed by atoms with Crippen molar-refractivity contribution in [2.75, 3.05) is 0 Å². The van der Waals surface area contributed by atoms with Gasteiger partial charge in [0, 0.05) is 42.7 Å². The second-order valence-electron chi connectivity index (χ2n) is 7.04. The van der Waals surface area contributed by atoms with Crippen LogP contribution in [-0.4, -0.2) is 25.2 Å². The van der Waals surface area contributed by atoms with Crippen molar-refractivity contribution in [3.63, 3.8) is 0 Å². The number of thiophene rings is 1. The molecule has 0 bridgehead atoms. The Kier molecular flexibility index (Phi) is 4.82. The standard InChI is InChI=1S/C19H23N5O2S/c1-12-13(10-22-23(12)2)9-20-16(25)7-8-24-11-21-18-17(19(24)26)14-5-3-4-6-15(14)27-18/h10-11H,3-9H2,1-2H3,(H,20,25). The predicted molar refractivity (Wildman–Crippen MR) is 105 cm³/mol. The number of aryl methyl sites for hydroxylation is 4. The fourth-order valence-corrected chi connectivity index (χ4v) is 4.78. The third-order valence-electron chi connectivity index (χ3n) is 5.33. The maximum Gasteiger partial charge on any atom is 0.262 e. The zero-order chi connectivity index (χ0) is 19.0. The highest BCUT2D eigenvalue weighted by Crippen LogP contribution is 2.33. The Bertz CT molecular complexity index is 1060. The van der Waals surface area contributed by atoms with E-state index in [9.17, 15) is 9.59 Å². The summed E-state index contributed by atoms with van der Waals surface area (Å²) < 4.78 is 3.35. The van der Waals surface area contributed by atoms with Crippen LogP contribution in [0, 0.1) is 6.92 Å². The van der Waals surface area contributed by atoms with Crippen LogP contribution in [0.4, 0.5) is 0 Å². The Balaban J connectivity index is 1.44. The summed E-state index contributed by atoms with van der Waals surface area (Å²) in [6.07, 6.45) is 7.91. The molecule has 0 atom stereocenters. The summed E-state index contributed by atoms with van der Waals surface area (Å²) in [6.45, 7) is 2.75. The fraction of sp³-hybridized carbons (Fsp3) is 0.474. The van der Waals surface area contributed by atoms with Crippen molar-refractivity contribution in [1.29, 1.82) is 0 Å². The van der Waals surface area contributed by atoms with Gasteiger partial charge in [-0.2, -0.15) is 5.10 Å². The number of nitrogens with one attached hydrogen (secondary N) is 1. The van der Waals surface area contributed by atoms with Crippen LogP contribution in [0.1, 0.15) is 41.0 Å². The molecule has 0 spiro atoms. The van der Waals surface area contributed by atoms with Gasteiger partial charge in [-0.15, -0.1) is 11.3 Å². The lowest BCUT2D eigenvalue weighted by Gasteiger charge is -2.10. The molecule has 1 N–H and O–H groups in total. The lowest BCUT2D eigenvalue weighted by molar-refractivity contribution is -0.121. The fourth-order valence-electron chi connectivity index (χ4n) is 3.56. The average Bonchev–Trinajstić information content (AvgIpc) is 3.20. The monoisotopic (exact) mass is 385 g/mol. The number of carbonyl (C=O) groups excluding carboxylic acids is 1. The van der Waals surface area contributed by atoms with E-state index in [1.54, 1.807) is 33.1 Å². The number of hydrogen-bond acceptors (Lipinski definition) is 5. The topological polar surface area (TPSA) is 81.8 Å². The van der Waals surface area contributed by atoms with E-state index in [4.69, 9.17) is 0 Å². The Morgan fingerprint density at radius 2 is 2.15 bits per heavy atom. The minimum atomic E-state index is -0.0856. The van der Waals surface area contributed by atoms with Gasteiger partial charge in [-0.3, -0.25) is 18.8 Å². The molecule has 0 saturated heterocycles. The van der Waals surface area contributed by atoms with Gasteiger partial charge < -0.3 is 5.32 Å². The molecule has 142 valence electrons. The first-order valence-corrected chi connectivity index (χ1v) is 10.1. The lowest BCUT2D eigenvalue weighted by atomic mass is 9.97. The van der Waals surface area contributed by atoms with Crippen LogP contribution < -0.4 is 10.9 Å². The maximum atomic E-state index is 12.9. The Morgan fingerprint density at radius 1 is 1.33 bits per heavy atom. The number of carbonyl (C=O) groups is 1. The van der Waals surface area contributed by atoms with Crippen LogP contribution in [0.25, 0.3) is 10.2 Å². The van der Waals surface area contributed by atoms with Gasteiger partial charge in [-0.1, -0.05) is 0 Å². The SMILES string of the molecule is Cc1c(CNC(=O)CCn2cnc3sc4c(c3c2=O)CCCC4)cnn1C. The van der Waals surface area contributed by atoms with Gasteiger partial charge in [-0.05, 0) is 38.2 Å². The van der Waals surface area contributed by atoms with E-state index in [0.29, 0.717) is 13.1 Å². The molecular formula is C19H23N5O2S. The molecular weight excluding hydrogens is 362 g/mol. The van der Waals surface area contributed by atoms with Crippen LogP contribution in [0.15, 0.2) is 17.3 Å². The van der Waals surface area contributed by atoms with Crippen molar-refractivity contribution < 1.29 is 4.79 Å². The summed E-state index contributed by atoms with van der Waals surface area (Å²) in [5.74, 6) is -0.0856. The normalized spacial score (nSPS) is 13.7. The molecule has 3 heterocycles. The number of nitrogens with zero attached hydrogens (tertiary/aromatic N) is 4. The highest BCUT2D eigenvalue weighted by atomic mass is 32.1. The van der Waals surface area contributed by atoms with Gasteiger partial charge in [-0.25, -0.2) is 4.98 Å². The second-order valence-corrected chi connectivity index (χ2v) is 8.12. The summed E-state index contributed by atoms with van der Waals surface area (Å²) in [5, 5.41) is 7.84. The van der Waals surface area contributed by atoms with Crippen molar-refractivity contribution in [2.24, 2.45) is 7.05 Å². The highest BCUT2D eigenvalue weighted by molar-refractivity contribution is 7.18. The minimum absolute atomic E-state index is 0.0182. The van der Waals surface area contributed by atoms with Crippen molar-refractivity contribution >= 4 is 27.5 Å². The molecule has 27 heavy (non-hydrogen) atoms. The largest absolute Gasteiger partial charge is 0.352 e. The molecule has 7 nitrogen and oxygen atoms in total. The van der Waals surface area contributed by atoms with Crippen molar-refractivity contribution in [3.05, 3.63) is 44.6 Å². The van der Waals surface area contributed by atoms with Gasteiger partial charge >= 0.3 is 0 Å². The van der Waals surface area contributed by atoms with Crippen LogP contribution in [0.5, 0.6) is 0 Å². The summed E-state index contributed by atoms with van der Waals surface area (Å²) in [6, 6.07) is 0. The maximum absolute atomic E-state index is 12.9. The molecule has 1 aliphatic carbocycles. The van der Waals surface area contributed by atoms with E-state index in [1.165, 1.54) is 16.9 Å². The molecule has 3 aromatic heterocycles. The molecule has 0 unspecified atom stereocenters. The lowest BCUT2D eigenvalue weighted by Crippen LogP contribution is -2.27. The van der Waals surface area contributed by atoms with Crippen LogP contribution >= 0.6 is 11.3 Å². The third-order valence-corrected chi connectivity index (χ3v) is 6.53. The number of fused-ring (bicyclic) bond motifs is 3. The zero-order valence-electron chi connectivity index (χ0n) is 15.6. The van der Waals surface area contributed by atoms with E-state index >= 15 is 0 Å². The molecule has 0 radical (unpaired) electrons. The van der Waals surface area contributed by atoms with Crippen molar-refractivity contribution in [2.45, 2.75) is 52.1 Å². The minimum Gasteiger partial charge on any atom is -0.352 e. The molecule has 0 saturated carbocycles. The smallest absolute Gasteiger partial charge is 0.262 e. The number of aromatic nitrogens is 4. The Labute approximate surface area is 161 Å². The predicted octanol–water partition coefficient (Wildman–Crippen LogP) is 2.09. The van der Waals surface area contributed by atoms with Crippen LogP contribution in [0.2, 0.25) is 0 Å².